The maximum atomic E-state index is 13.7. The number of benzene rings is 2. The maximum Gasteiger partial charge on any atom is 0.337 e. The van der Waals surface area contributed by atoms with Crippen molar-refractivity contribution in [2.24, 2.45) is 11.3 Å². The van der Waals surface area contributed by atoms with E-state index in [1.54, 1.807) is 30.3 Å². The smallest absolute Gasteiger partial charge is 0.337 e. The van der Waals surface area contributed by atoms with Gasteiger partial charge in [0.1, 0.15) is 5.82 Å². The van der Waals surface area contributed by atoms with Crippen LogP contribution in [0.2, 0.25) is 0 Å². The zero-order chi connectivity index (χ0) is 25.9. The van der Waals surface area contributed by atoms with Gasteiger partial charge in [-0.15, -0.1) is 0 Å². The van der Waals surface area contributed by atoms with Gasteiger partial charge in [0.05, 0.1) is 23.2 Å². The predicted molar refractivity (Wildman–Crippen MR) is 135 cm³/mol. The maximum absolute atomic E-state index is 13.7. The van der Waals surface area contributed by atoms with Gasteiger partial charge in [0.25, 0.3) is 0 Å². The van der Waals surface area contributed by atoms with Gasteiger partial charge in [0, 0.05) is 12.6 Å². The zero-order valence-electron chi connectivity index (χ0n) is 20.9. The quantitative estimate of drug-likeness (QED) is 0.577. The summed E-state index contributed by atoms with van der Waals surface area (Å²) in [6, 6.07) is 12.9. The van der Waals surface area contributed by atoms with E-state index in [9.17, 15) is 23.9 Å². The topological polar surface area (TPSA) is 90.0 Å². The highest BCUT2D eigenvalue weighted by molar-refractivity contribution is 6.01. The standard InChI is InChI=1S/C28H34FN3O4/c1-19(2)17-32-22(15-20-7-9-21(29)10-8-20)16-28(27(32)36)11-13-31(14-12-28)18-25(33)30-24-6-4-3-5-23(24)26(34)35/h3-10,19,22H,11-18H2,1-2H3,(H,30,33)(H,34,35)/t22-/m1/s1. The van der Waals surface area contributed by atoms with Gasteiger partial charge in [-0.1, -0.05) is 38.1 Å². The SMILES string of the molecule is CC(C)CN1C(=O)C2(CCN(CC(=O)Nc3ccccc3C(=O)O)CC2)C[C@H]1Cc1ccc(F)cc1. The number of hydrogen-bond acceptors (Lipinski definition) is 4. The molecule has 1 atom stereocenters. The lowest BCUT2D eigenvalue weighted by molar-refractivity contribution is -0.139. The molecule has 4 rings (SSSR count). The van der Waals surface area contributed by atoms with E-state index in [1.165, 1.54) is 18.2 Å². The van der Waals surface area contributed by atoms with Gasteiger partial charge in [-0.05, 0) is 74.5 Å². The van der Waals surface area contributed by atoms with Crippen LogP contribution < -0.4 is 5.32 Å². The summed E-state index contributed by atoms with van der Waals surface area (Å²) in [5.41, 5.74) is 0.929. The number of amides is 2. The van der Waals surface area contributed by atoms with Gasteiger partial charge in [-0.2, -0.15) is 0 Å². The summed E-state index contributed by atoms with van der Waals surface area (Å²) in [6.45, 7) is 6.31. The average Bonchev–Trinajstić information content (AvgIpc) is 3.07. The Labute approximate surface area is 211 Å². The van der Waals surface area contributed by atoms with E-state index in [-0.39, 0.29) is 41.5 Å². The van der Waals surface area contributed by atoms with Crippen LogP contribution in [-0.2, 0) is 16.0 Å². The van der Waals surface area contributed by atoms with Gasteiger partial charge in [-0.3, -0.25) is 14.5 Å². The number of nitrogens with one attached hydrogen (secondary N) is 1. The van der Waals surface area contributed by atoms with E-state index in [4.69, 9.17) is 0 Å². The first-order valence-corrected chi connectivity index (χ1v) is 12.6. The Balaban J connectivity index is 1.39. The average molecular weight is 496 g/mol. The summed E-state index contributed by atoms with van der Waals surface area (Å²) < 4.78 is 13.4. The molecular weight excluding hydrogens is 461 g/mol. The highest BCUT2D eigenvalue weighted by Gasteiger charge is 2.52. The van der Waals surface area contributed by atoms with Crippen LogP contribution in [0.5, 0.6) is 0 Å². The molecule has 2 aromatic rings. The summed E-state index contributed by atoms with van der Waals surface area (Å²) in [7, 11) is 0. The third-order valence-electron chi connectivity index (χ3n) is 7.34. The molecule has 2 saturated heterocycles. The molecule has 0 aliphatic carbocycles. The number of piperidine rings is 1. The monoisotopic (exact) mass is 495 g/mol. The number of carbonyl (C=O) groups excluding carboxylic acids is 2. The Kier molecular flexibility index (Phi) is 7.73. The number of halogens is 1. The summed E-state index contributed by atoms with van der Waals surface area (Å²) >= 11 is 0. The normalized spacial score (nSPS) is 19.7. The molecule has 0 unspecified atom stereocenters. The molecule has 0 bridgehead atoms. The first kappa shape index (κ1) is 25.8. The minimum atomic E-state index is -1.09. The van der Waals surface area contributed by atoms with Crippen molar-refractivity contribution in [2.75, 3.05) is 31.5 Å². The second-order valence-electron chi connectivity index (χ2n) is 10.5. The van der Waals surface area contributed by atoms with Crippen LogP contribution in [0.25, 0.3) is 0 Å². The van der Waals surface area contributed by atoms with E-state index in [0.29, 0.717) is 44.8 Å². The van der Waals surface area contributed by atoms with Crippen molar-refractivity contribution in [3.05, 3.63) is 65.5 Å². The number of carbonyl (C=O) groups is 3. The van der Waals surface area contributed by atoms with Gasteiger partial charge in [-0.25, -0.2) is 9.18 Å². The third-order valence-corrected chi connectivity index (χ3v) is 7.34. The first-order chi connectivity index (χ1) is 17.2. The lowest BCUT2D eigenvalue weighted by Gasteiger charge is -2.37. The fourth-order valence-corrected chi connectivity index (χ4v) is 5.55. The number of para-hydroxylation sites is 1. The second-order valence-corrected chi connectivity index (χ2v) is 10.5. The molecule has 2 amide bonds. The predicted octanol–water partition coefficient (Wildman–Crippen LogP) is 4.04. The van der Waals surface area contributed by atoms with Crippen molar-refractivity contribution in [1.82, 2.24) is 9.80 Å². The van der Waals surface area contributed by atoms with Crippen LogP contribution in [0.4, 0.5) is 10.1 Å². The van der Waals surface area contributed by atoms with Crippen molar-refractivity contribution in [3.63, 3.8) is 0 Å². The number of carboxylic acid groups (broad SMARTS) is 1. The van der Waals surface area contributed by atoms with Crippen LogP contribution in [0.1, 0.15) is 49.0 Å². The molecule has 0 aromatic heterocycles. The Hall–Kier alpha value is -3.26. The molecule has 2 heterocycles. The molecule has 8 heteroatoms. The Morgan fingerprint density at radius 1 is 1.11 bits per heavy atom. The van der Waals surface area contributed by atoms with E-state index >= 15 is 0 Å². The molecule has 1 spiro atoms. The molecule has 0 saturated carbocycles. The number of carboxylic acids is 1. The van der Waals surface area contributed by atoms with E-state index in [0.717, 1.165) is 12.0 Å². The van der Waals surface area contributed by atoms with Crippen LogP contribution in [0.15, 0.2) is 48.5 Å². The zero-order valence-corrected chi connectivity index (χ0v) is 20.9. The molecule has 2 aliphatic heterocycles. The van der Waals surface area contributed by atoms with Crippen LogP contribution >= 0.6 is 0 Å². The molecular formula is C28H34FN3O4. The molecule has 0 radical (unpaired) electrons. The molecule has 2 N–H and O–H groups in total. The molecule has 2 aliphatic rings. The first-order valence-electron chi connectivity index (χ1n) is 12.6. The second kappa shape index (κ2) is 10.8. The number of anilines is 1. The molecule has 2 aromatic carbocycles. The summed E-state index contributed by atoms with van der Waals surface area (Å²) in [5, 5.41) is 12.0. The Morgan fingerprint density at radius 3 is 2.42 bits per heavy atom. The van der Waals surface area contributed by atoms with Gasteiger partial charge in [0.15, 0.2) is 0 Å². The van der Waals surface area contributed by atoms with Crippen LogP contribution in [0.3, 0.4) is 0 Å². The Bertz CT molecular complexity index is 1110. The summed E-state index contributed by atoms with van der Waals surface area (Å²) in [5.74, 6) is -1.08. The number of likely N-dealkylation sites (tertiary alicyclic amines) is 2. The van der Waals surface area contributed by atoms with Gasteiger partial charge < -0.3 is 15.3 Å². The van der Waals surface area contributed by atoms with Crippen LogP contribution in [-0.4, -0.2) is 64.9 Å². The van der Waals surface area contributed by atoms with Crippen molar-refractivity contribution in [3.8, 4) is 0 Å². The molecule has 36 heavy (non-hydrogen) atoms. The molecule has 7 nitrogen and oxygen atoms in total. The third kappa shape index (κ3) is 5.75. The highest BCUT2D eigenvalue weighted by atomic mass is 19.1. The molecule has 2 fully saturated rings. The van der Waals surface area contributed by atoms with E-state index in [2.05, 4.69) is 19.2 Å². The molecule has 192 valence electrons. The lowest BCUT2D eigenvalue weighted by atomic mass is 9.75. The lowest BCUT2D eigenvalue weighted by Crippen LogP contribution is -2.47. The number of hydrogen-bond donors (Lipinski definition) is 2. The number of rotatable bonds is 8. The minimum absolute atomic E-state index is 0.0532. The summed E-state index contributed by atoms with van der Waals surface area (Å²) in [4.78, 5) is 41.7. The van der Waals surface area contributed by atoms with Crippen molar-refractivity contribution in [1.29, 1.82) is 0 Å². The van der Waals surface area contributed by atoms with Crippen molar-refractivity contribution < 1.29 is 23.9 Å². The number of aromatic carboxylic acids is 1. The Morgan fingerprint density at radius 2 is 1.78 bits per heavy atom. The number of nitrogens with zero attached hydrogens (tertiary/aromatic N) is 2. The van der Waals surface area contributed by atoms with Crippen molar-refractivity contribution >= 4 is 23.5 Å². The fourth-order valence-electron chi connectivity index (χ4n) is 5.55. The van der Waals surface area contributed by atoms with Crippen molar-refractivity contribution in [2.45, 2.75) is 45.6 Å². The minimum Gasteiger partial charge on any atom is -0.478 e. The summed E-state index contributed by atoms with van der Waals surface area (Å²) in [6.07, 6.45) is 2.83. The highest BCUT2D eigenvalue weighted by Crippen LogP contribution is 2.45. The van der Waals surface area contributed by atoms with Crippen LogP contribution in [0, 0.1) is 17.2 Å². The fraction of sp³-hybridized carbons (Fsp3) is 0.464. The van der Waals surface area contributed by atoms with E-state index < -0.39 is 11.4 Å². The van der Waals surface area contributed by atoms with E-state index in [1.807, 2.05) is 9.80 Å². The largest absolute Gasteiger partial charge is 0.478 e. The van der Waals surface area contributed by atoms with Gasteiger partial charge >= 0.3 is 5.97 Å². The van der Waals surface area contributed by atoms with Gasteiger partial charge in [0.2, 0.25) is 11.8 Å².